The second kappa shape index (κ2) is 10.1. The average Bonchev–Trinajstić information content (AvgIpc) is 2.55. The van der Waals surface area contributed by atoms with Gasteiger partial charge in [0.15, 0.2) is 0 Å². The Kier molecular flexibility index (Phi) is 8.41. The lowest BCUT2D eigenvalue weighted by molar-refractivity contribution is -0.182. The first kappa shape index (κ1) is 22.5. The van der Waals surface area contributed by atoms with Crippen LogP contribution in [0, 0.1) is 5.92 Å². The van der Waals surface area contributed by atoms with E-state index in [0.29, 0.717) is 6.42 Å². The minimum Gasteiger partial charge on any atom is -0.335 e. The fourth-order valence-corrected chi connectivity index (χ4v) is 3.95. The molecule has 0 spiro atoms. The van der Waals surface area contributed by atoms with Crippen LogP contribution in [0.5, 0.6) is 0 Å². The first-order chi connectivity index (χ1) is 12.7. The van der Waals surface area contributed by atoms with Crippen LogP contribution in [-0.2, 0) is 0 Å². The summed E-state index contributed by atoms with van der Waals surface area (Å²) in [6.45, 7) is 3.61. The highest BCUT2D eigenvalue weighted by atomic mass is 35.5. The molecule has 6 unspecified atom stereocenters. The Hall–Kier alpha value is -0.810. The van der Waals surface area contributed by atoms with Gasteiger partial charge in [-0.1, -0.05) is 0 Å². The van der Waals surface area contributed by atoms with E-state index in [9.17, 15) is 18.0 Å². The van der Waals surface area contributed by atoms with E-state index in [-0.39, 0.29) is 25.0 Å². The summed E-state index contributed by atoms with van der Waals surface area (Å²) in [6.07, 6.45) is -3.48. The maximum absolute atomic E-state index is 13.0. The summed E-state index contributed by atoms with van der Waals surface area (Å²) in [6, 6.07) is -0.871. The van der Waals surface area contributed by atoms with Crippen molar-refractivity contribution in [3.05, 3.63) is 0 Å². The largest absolute Gasteiger partial charge is 0.393 e. The van der Waals surface area contributed by atoms with Crippen molar-refractivity contribution in [2.45, 2.75) is 68.7 Å². The molecule has 11 heteroatoms. The number of alkyl halides is 4. The summed E-state index contributed by atoms with van der Waals surface area (Å²) in [5.41, 5.74) is 0. The molecule has 0 aromatic carbocycles. The van der Waals surface area contributed by atoms with Gasteiger partial charge in [0.05, 0.1) is 12.1 Å². The molecular formula is C16H30ClF3N6O. The minimum atomic E-state index is -4.35. The predicted octanol–water partition coefficient (Wildman–Crippen LogP) is 1.01. The highest BCUT2D eigenvalue weighted by molar-refractivity contribution is 6.20. The SMILES string of the molecule is CNCCNC1CC(C)NC(NC(=O)NC2CCC(Cl)C(C(F)(F)F)C2)N1. The number of hydrogen-bond acceptors (Lipinski definition) is 5. The number of halogens is 4. The maximum atomic E-state index is 13.0. The van der Waals surface area contributed by atoms with Gasteiger partial charge in [-0.15, -0.1) is 11.6 Å². The molecule has 1 heterocycles. The fraction of sp³-hybridized carbons (Fsp3) is 0.938. The number of amides is 2. The summed E-state index contributed by atoms with van der Waals surface area (Å²) in [7, 11) is 1.87. The Balaban J connectivity index is 1.80. The van der Waals surface area contributed by atoms with Crippen molar-refractivity contribution >= 4 is 17.6 Å². The zero-order valence-electron chi connectivity index (χ0n) is 15.6. The quantitative estimate of drug-likeness (QED) is 0.288. The van der Waals surface area contributed by atoms with Crippen molar-refractivity contribution in [1.82, 2.24) is 31.9 Å². The zero-order valence-corrected chi connectivity index (χ0v) is 16.4. The van der Waals surface area contributed by atoms with E-state index in [1.807, 2.05) is 14.0 Å². The molecule has 2 fully saturated rings. The van der Waals surface area contributed by atoms with Gasteiger partial charge in [-0.25, -0.2) is 4.79 Å². The van der Waals surface area contributed by atoms with Crippen LogP contribution in [0.2, 0.25) is 0 Å². The molecule has 0 bridgehead atoms. The number of nitrogens with one attached hydrogen (secondary N) is 6. The van der Waals surface area contributed by atoms with Crippen molar-refractivity contribution in [1.29, 1.82) is 0 Å². The summed E-state index contributed by atoms with van der Waals surface area (Å²) in [5.74, 6) is -1.59. The van der Waals surface area contributed by atoms with Gasteiger partial charge in [0.25, 0.3) is 0 Å². The molecule has 158 valence electrons. The number of carbonyl (C=O) groups is 1. The summed E-state index contributed by atoms with van der Waals surface area (Å²) in [5, 5.41) is 17.3. The van der Waals surface area contributed by atoms with E-state index < -0.39 is 35.8 Å². The predicted molar refractivity (Wildman–Crippen MR) is 98.3 cm³/mol. The molecule has 1 saturated heterocycles. The summed E-state index contributed by atoms with van der Waals surface area (Å²) < 4.78 is 39.1. The van der Waals surface area contributed by atoms with E-state index in [1.54, 1.807) is 0 Å². The van der Waals surface area contributed by atoms with E-state index in [4.69, 9.17) is 11.6 Å². The maximum Gasteiger partial charge on any atom is 0.393 e. The Morgan fingerprint density at radius 2 is 1.89 bits per heavy atom. The van der Waals surface area contributed by atoms with E-state index in [0.717, 1.165) is 19.5 Å². The second-order valence-corrected chi connectivity index (χ2v) is 7.87. The molecule has 1 aliphatic heterocycles. The monoisotopic (exact) mass is 414 g/mol. The summed E-state index contributed by atoms with van der Waals surface area (Å²) in [4.78, 5) is 12.2. The van der Waals surface area contributed by atoms with E-state index in [2.05, 4.69) is 31.9 Å². The molecular weight excluding hydrogens is 385 g/mol. The lowest BCUT2D eigenvalue weighted by Crippen LogP contribution is -2.68. The van der Waals surface area contributed by atoms with Crippen molar-refractivity contribution in [3.8, 4) is 0 Å². The third-order valence-corrected chi connectivity index (χ3v) is 5.49. The van der Waals surface area contributed by atoms with Crippen molar-refractivity contribution in [3.63, 3.8) is 0 Å². The Morgan fingerprint density at radius 3 is 2.56 bits per heavy atom. The molecule has 27 heavy (non-hydrogen) atoms. The van der Waals surface area contributed by atoms with Gasteiger partial charge in [-0.05, 0) is 39.7 Å². The van der Waals surface area contributed by atoms with Crippen LogP contribution in [-0.4, -0.2) is 62.3 Å². The molecule has 6 N–H and O–H groups in total. The van der Waals surface area contributed by atoms with Gasteiger partial charge in [-0.3, -0.25) is 10.6 Å². The molecule has 2 rings (SSSR count). The van der Waals surface area contributed by atoms with Crippen molar-refractivity contribution in [2.24, 2.45) is 5.92 Å². The Labute approximate surface area is 162 Å². The molecule has 1 aliphatic carbocycles. The lowest BCUT2D eigenvalue weighted by atomic mass is 9.85. The number of hydrogen-bond donors (Lipinski definition) is 6. The third kappa shape index (κ3) is 7.26. The van der Waals surface area contributed by atoms with Crippen LogP contribution >= 0.6 is 11.6 Å². The topological polar surface area (TPSA) is 89.2 Å². The van der Waals surface area contributed by atoms with E-state index >= 15 is 0 Å². The molecule has 6 atom stereocenters. The third-order valence-electron chi connectivity index (χ3n) is 4.97. The van der Waals surface area contributed by atoms with Gasteiger partial charge in [-0.2, -0.15) is 13.2 Å². The first-order valence-corrected chi connectivity index (χ1v) is 9.80. The molecule has 2 amide bonds. The number of likely N-dealkylation sites (N-methyl/N-ethyl adjacent to an activating group) is 1. The molecule has 2 aliphatic rings. The molecule has 0 aromatic heterocycles. The average molecular weight is 415 g/mol. The fourth-order valence-electron chi connectivity index (χ4n) is 3.58. The van der Waals surface area contributed by atoms with Crippen LogP contribution in [0.4, 0.5) is 18.0 Å². The summed E-state index contributed by atoms with van der Waals surface area (Å²) >= 11 is 5.83. The number of carbonyl (C=O) groups excluding carboxylic acids is 1. The van der Waals surface area contributed by atoms with Gasteiger partial charge < -0.3 is 21.3 Å². The van der Waals surface area contributed by atoms with Gasteiger partial charge in [0, 0.05) is 30.6 Å². The van der Waals surface area contributed by atoms with Gasteiger partial charge in [0.1, 0.15) is 6.29 Å². The normalized spacial score (nSPS) is 34.9. The lowest BCUT2D eigenvalue weighted by Gasteiger charge is -2.38. The molecule has 0 aromatic rings. The highest BCUT2D eigenvalue weighted by Crippen LogP contribution is 2.40. The van der Waals surface area contributed by atoms with Crippen LogP contribution in [0.25, 0.3) is 0 Å². The van der Waals surface area contributed by atoms with Crippen LogP contribution < -0.4 is 31.9 Å². The van der Waals surface area contributed by atoms with Gasteiger partial charge in [0.2, 0.25) is 0 Å². The van der Waals surface area contributed by atoms with Crippen LogP contribution in [0.1, 0.15) is 32.6 Å². The molecule has 7 nitrogen and oxygen atoms in total. The Bertz CT molecular complexity index is 484. The molecule has 0 radical (unpaired) electrons. The standard InChI is InChI=1S/C16H30ClF3N6O/c1-9-7-13(22-6-5-21-2)25-14(23-9)26-15(27)24-10-3-4-12(17)11(8-10)16(18,19)20/h9-14,21-23,25H,3-8H2,1-2H3,(H2,24,26,27). The number of rotatable bonds is 6. The van der Waals surface area contributed by atoms with Crippen molar-refractivity contribution in [2.75, 3.05) is 20.1 Å². The Morgan fingerprint density at radius 1 is 1.15 bits per heavy atom. The van der Waals surface area contributed by atoms with Crippen molar-refractivity contribution < 1.29 is 18.0 Å². The van der Waals surface area contributed by atoms with Gasteiger partial charge >= 0.3 is 12.2 Å². The highest BCUT2D eigenvalue weighted by Gasteiger charge is 2.47. The van der Waals surface area contributed by atoms with E-state index in [1.165, 1.54) is 0 Å². The van der Waals surface area contributed by atoms with Crippen LogP contribution in [0.3, 0.4) is 0 Å². The molecule has 1 saturated carbocycles. The van der Waals surface area contributed by atoms with Crippen LogP contribution in [0.15, 0.2) is 0 Å². The second-order valence-electron chi connectivity index (χ2n) is 7.31. The first-order valence-electron chi connectivity index (χ1n) is 9.37. The smallest absolute Gasteiger partial charge is 0.335 e. The minimum absolute atomic E-state index is 0.0289. The number of urea groups is 1. The zero-order chi connectivity index (χ0) is 20.0.